The van der Waals surface area contributed by atoms with Crippen LogP contribution in [-0.4, -0.2) is 47.6 Å². The first-order chi connectivity index (χ1) is 8.59. The average Bonchev–Trinajstić information content (AvgIpc) is 2.69. The van der Waals surface area contributed by atoms with Crippen LogP contribution in [0.3, 0.4) is 0 Å². The van der Waals surface area contributed by atoms with Gasteiger partial charge in [0.25, 0.3) is 0 Å². The van der Waals surface area contributed by atoms with Crippen molar-refractivity contribution in [2.45, 2.75) is 72.4 Å². The molecule has 1 heterocycles. The topological polar surface area (TPSA) is 9.72 Å². The summed E-state index contributed by atoms with van der Waals surface area (Å²) in [5, 5.41) is 0. The van der Waals surface area contributed by atoms with Crippen molar-refractivity contribution in [1.82, 2.24) is 13.7 Å². The van der Waals surface area contributed by atoms with Gasteiger partial charge in [-0.1, -0.05) is 13.3 Å². The Kier molecular flexibility index (Phi) is 5.13. The fourth-order valence-corrected chi connectivity index (χ4v) is 5.90. The second kappa shape index (κ2) is 5.88. The lowest BCUT2D eigenvalue weighted by molar-refractivity contribution is 0.240. The third-order valence-corrected chi connectivity index (χ3v) is 7.63. The molecule has 0 aromatic carbocycles. The maximum Gasteiger partial charge on any atom is 0.332 e. The molecule has 0 aromatic heterocycles. The molecule has 112 valence electrons. The van der Waals surface area contributed by atoms with Crippen molar-refractivity contribution in [1.29, 1.82) is 0 Å². The number of hydrogen-bond acceptors (Lipinski definition) is 3. The van der Waals surface area contributed by atoms with Crippen molar-refractivity contribution >= 4 is 9.28 Å². The van der Waals surface area contributed by atoms with E-state index in [-0.39, 0.29) is 11.1 Å². The molecule has 0 spiro atoms. The van der Waals surface area contributed by atoms with Crippen LogP contribution in [0.1, 0.15) is 61.3 Å². The Morgan fingerprint density at radius 3 is 1.68 bits per heavy atom. The molecule has 0 aliphatic carbocycles. The zero-order valence-corrected chi connectivity index (χ0v) is 15.3. The summed E-state index contributed by atoms with van der Waals surface area (Å²) in [6, 6.07) is 0. The molecule has 0 unspecified atom stereocenters. The maximum atomic E-state index is 2.61. The van der Waals surface area contributed by atoms with Gasteiger partial charge >= 0.3 is 9.28 Å². The smallest absolute Gasteiger partial charge is 0.332 e. The summed E-state index contributed by atoms with van der Waals surface area (Å²) in [5.41, 5.74) is 0.404. The fourth-order valence-electron chi connectivity index (χ4n) is 2.52. The van der Waals surface area contributed by atoms with Crippen molar-refractivity contribution < 1.29 is 0 Å². The van der Waals surface area contributed by atoms with Gasteiger partial charge in [0.1, 0.15) is 0 Å². The quantitative estimate of drug-likeness (QED) is 0.734. The van der Waals surface area contributed by atoms with Gasteiger partial charge in [0, 0.05) is 23.5 Å². The average molecular weight is 284 g/mol. The molecule has 0 radical (unpaired) electrons. The van der Waals surface area contributed by atoms with Gasteiger partial charge in [-0.05, 0) is 61.6 Å². The van der Waals surface area contributed by atoms with Crippen LogP contribution in [0.15, 0.2) is 12.4 Å². The fraction of sp³-hybridized carbons (Fsp3) is 0.867. The third-order valence-electron chi connectivity index (χ3n) is 3.69. The lowest BCUT2D eigenvalue weighted by atomic mass is 10.1. The molecule has 1 rings (SSSR count). The summed E-state index contributed by atoms with van der Waals surface area (Å²) in [4.78, 5) is 0. The minimum absolute atomic E-state index is 0.202. The molecule has 1 aliphatic rings. The summed E-state index contributed by atoms with van der Waals surface area (Å²) in [7, 11) is 1.00. The van der Waals surface area contributed by atoms with Crippen LogP contribution >= 0.6 is 0 Å². The summed E-state index contributed by atoms with van der Waals surface area (Å²) in [6.07, 6.45) is 7.18. The van der Waals surface area contributed by atoms with Crippen LogP contribution in [0.4, 0.5) is 0 Å². The van der Waals surface area contributed by atoms with Gasteiger partial charge < -0.3 is 9.13 Å². The van der Waals surface area contributed by atoms with E-state index in [9.17, 15) is 0 Å². The Bertz CT molecular complexity index is 290. The Balaban J connectivity index is 2.94. The van der Waals surface area contributed by atoms with E-state index >= 15 is 0 Å². The van der Waals surface area contributed by atoms with Gasteiger partial charge in [-0.2, -0.15) is 0 Å². The molecule has 0 aromatic rings. The Hall–Kier alpha value is -0.483. The molecular weight excluding hydrogens is 250 g/mol. The van der Waals surface area contributed by atoms with Crippen LogP contribution in [-0.2, 0) is 0 Å². The van der Waals surface area contributed by atoms with Crippen molar-refractivity contribution in [2.24, 2.45) is 0 Å². The largest absolute Gasteiger partial charge is 0.371 e. The van der Waals surface area contributed by atoms with Crippen molar-refractivity contribution in [3.63, 3.8) is 0 Å². The minimum atomic E-state index is -1.30. The number of rotatable bonds is 4. The Labute approximate surface area is 122 Å². The third kappa shape index (κ3) is 3.99. The van der Waals surface area contributed by atoms with Crippen LogP contribution in [0.5, 0.6) is 0 Å². The molecule has 0 saturated heterocycles. The van der Waals surface area contributed by atoms with Crippen molar-refractivity contribution in [3.05, 3.63) is 12.4 Å². The van der Waals surface area contributed by atoms with Gasteiger partial charge in [-0.25, -0.2) is 0 Å². The molecule has 0 bridgehead atoms. The molecule has 0 N–H and O–H groups in total. The van der Waals surface area contributed by atoms with Crippen LogP contribution in [0.25, 0.3) is 0 Å². The van der Waals surface area contributed by atoms with E-state index in [2.05, 4.69) is 81.6 Å². The second-order valence-corrected chi connectivity index (χ2v) is 10.3. The normalized spacial score (nSPS) is 17.9. The van der Waals surface area contributed by atoms with Crippen molar-refractivity contribution in [3.8, 4) is 0 Å². The van der Waals surface area contributed by atoms with Crippen LogP contribution in [0, 0.1) is 0 Å². The molecular formula is C15H33N3Si. The molecule has 0 atom stereocenters. The monoisotopic (exact) mass is 283 g/mol. The number of hydrogen-bond donors (Lipinski definition) is 0. The molecule has 1 aliphatic heterocycles. The van der Waals surface area contributed by atoms with E-state index in [1.54, 1.807) is 0 Å². The van der Waals surface area contributed by atoms with E-state index in [0.717, 1.165) is 0 Å². The van der Waals surface area contributed by atoms with E-state index in [4.69, 9.17) is 0 Å². The predicted molar refractivity (Wildman–Crippen MR) is 87.0 cm³/mol. The molecule has 19 heavy (non-hydrogen) atoms. The lowest BCUT2D eigenvalue weighted by Crippen LogP contribution is -2.64. The zero-order chi connectivity index (χ0) is 14.8. The zero-order valence-electron chi connectivity index (χ0n) is 14.2. The Morgan fingerprint density at radius 2 is 1.37 bits per heavy atom. The summed E-state index contributed by atoms with van der Waals surface area (Å²) < 4.78 is 7.82. The highest BCUT2D eigenvalue weighted by Crippen LogP contribution is 2.29. The predicted octanol–water partition coefficient (Wildman–Crippen LogP) is 3.12. The SMILES string of the molecule is CCCCN(C)[SiH]1N(C(C)(C)C)C=CN1C(C)(C)C. The van der Waals surface area contributed by atoms with Crippen LogP contribution in [0.2, 0.25) is 0 Å². The van der Waals surface area contributed by atoms with Gasteiger partial charge in [-0.3, -0.25) is 4.57 Å². The lowest BCUT2D eigenvalue weighted by Gasteiger charge is -2.47. The van der Waals surface area contributed by atoms with Crippen LogP contribution < -0.4 is 0 Å². The van der Waals surface area contributed by atoms with E-state index < -0.39 is 9.28 Å². The van der Waals surface area contributed by atoms with Gasteiger partial charge in [-0.15, -0.1) is 0 Å². The van der Waals surface area contributed by atoms with Gasteiger partial charge in [0.05, 0.1) is 0 Å². The standard InChI is InChI=1S/C15H33N3Si/c1-9-10-11-16(8)19-17(14(2,3)4)12-13-18(19)15(5,6)7/h12-13,19H,9-11H2,1-8H3. The highest BCUT2D eigenvalue weighted by molar-refractivity contribution is 6.51. The molecule has 0 fully saturated rings. The van der Waals surface area contributed by atoms with Gasteiger partial charge in [0.2, 0.25) is 0 Å². The first-order valence-corrected chi connectivity index (χ1v) is 9.09. The first-order valence-electron chi connectivity index (χ1n) is 7.54. The minimum Gasteiger partial charge on any atom is -0.371 e. The molecule has 0 saturated carbocycles. The Morgan fingerprint density at radius 1 is 0.947 bits per heavy atom. The molecule has 0 amide bonds. The van der Waals surface area contributed by atoms with E-state index in [0.29, 0.717) is 0 Å². The van der Waals surface area contributed by atoms with Crippen molar-refractivity contribution in [2.75, 3.05) is 13.6 Å². The summed E-state index contributed by atoms with van der Waals surface area (Å²) >= 11 is 0. The highest BCUT2D eigenvalue weighted by Gasteiger charge is 2.42. The number of nitrogens with zero attached hydrogens (tertiary/aromatic N) is 3. The summed E-state index contributed by atoms with van der Waals surface area (Å²) in [5.74, 6) is 0. The molecule has 3 nitrogen and oxygen atoms in total. The number of unbranched alkanes of at least 4 members (excludes halogenated alkanes) is 1. The molecule has 4 heteroatoms. The van der Waals surface area contributed by atoms with E-state index in [1.165, 1.54) is 19.4 Å². The summed E-state index contributed by atoms with van der Waals surface area (Å²) in [6.45, 7) is 17.4. The highest BCUT2D eigenvalue weighted by atomic mass is 28.3. The maximum absolute atomic E-state index is 2.61. The first kappa shape index (κ1) is 16.6. The van der Waals surface area contributed by atoms with E-state index in [1.807, 2.05) is 0 Å². The van der Waals surface area contributed by atoms with Gasteiger partial charge in [0.15, 0.2) is 0 Å². The second-order valence-electron chi connectivity index (χ2n) is 7.63.